The third kappa shape index (κ3) is 2.32. The van der Waals surface area contributed by atoms with Gasteiger partial charge in [-0.15, -0.1) is 0 Å². The molecule has 2 unspecified atom stereocenters. The van der Waals surface area contributed by atoms with E-state index in [2.05, 4.69) is 6.08 Å². The molecular weight excluding hydrogens is 265 g/mol. The number of hydrogen-bond acceptors (Lipinski definition) is 2. The Bertz CT molecular complexity index is 612. The molecule has 1 saturated heterocycles. The molecular formula is C14H16FNO2S. The van der Waals surface area contributed by atoms with E-state index < -0.39 is 15.8 Å². The normalized spacial score (nSPS) is 26.8. The Morgan fingerprint density at radius 2 is 2.05 bits per heavy atom. The van der Waals surface area contributed by atoms with Crippen molar-refractivity contribution in [3.63, 3.8) is 0 Å². The van der Waals surface area contributed by atoms with Gasteiger partial charge in [0.25, 0.3) is 0 Å². The summed E-state index contributed by atoms with van der Waals surface area (Å²) < 4.78 is 40.2. The van der Waals surface area contributed by atoms with Crippen molar-refractivity contribution in [2.45, 2.75) is 37.1 Å². The van der Waals surface area contributed by atoms with Crippen molar-refractivity contribution in [3.8, 4) is 0 Å². The molecule has 1 aromatic carbocycles. The van der Waals surface area contributed by atoms with Gasteiger partial charge in [0.2, 0.25) is 10.0 Å². The lowest BCUT2D eigenvalue weighted by Gasteiger charge is -2.30. The summed E-state index contributed by atoms with van der Waals surface area (Å²) in [5.41, 5.74) is 0.247. The number of fused-ring (bicyclic) bond motifs is 2. The largest absolute Gasteiger partial charge is 0.219 e. The van der Waals surface area contributed by atoms with Crippen molar-refractivity contribution in [1.29, 1.82) is 0 Å². The molecule has 3 nitrogen and oxygen atoms in total. The molecule has 1 fully saturated rings. The first kappa shape index (κ1) is 12.8. The van der Waals surface area contributed by atoms with E-state index in [-0.39, 0.29) is 23.4 Å². The number of nitrogens with zero attached hydrogens (tertiary/aromatic N) is 1. The lowest BCUT2D eigenvalue weighted by Crippen LogP contribution is -2.42. The van der Waals surface area contributed by atoms with E-state index >= 15 is 0 Å². The van der Waals surface area contributed by atoms with Crippen LogP contribution in [0.3, 0.4) is 0 Å². The average molecular weight is 281 g/mol. The Balaban J connectivity index is 1.88. The summed E-state index contributed by atoms with van der Waals surface area (Å²) in [6.07, 6.45) is 6.55. The first-order chi connectivity index (χ1) is 9.08. The SMILES string of the molecule is O=S(=O)(Cc1ccccc1F)N1C2C=CCC1CC2. The van der Waals surface area contributed by atoms with Crippen molar-refractivity contribution in [3.05, 3.63) is 47.8 Å². The maximum absolute atomic E-state index is 13.6. The Labute approximate surface area is 112 Å². The minimum Gasteiger partial charge on any atom is -0.212 e. The highest BCUT2D eigenvalue weighted by molar-refractivity contribution is 7.88. The van der Waals surface area contributed by atoms with E-state index in [9.17, 15) is 12.8 Å². The quantitative estimate of drug-likeness (QED) is 0.798. The Hall–Kier alpha value is -1.20. The second-order valence-electron chi connectivity index (χ2n) is 5.14. The second-order valence-corrected chi connectivity index (χ2v) is 7.01. The summed E-state index contributed by atoms with van der Waals surface area (Å²) in [4.78, 5) is 0. The fraction of sp³-hybridized carbons (Fsp3) is 0.429. The van der Waals surface area contributed by atoms with Gasteiger partial charge in [-0.1, -0.05) is 30.4 Å². The monoisotopic (exact) mass is 281 g/mol. The fourth-order valence-corrected chi connectivity index (χ4v) is 5.01. The van der Waals surface area contributed by atoms with Gasteiger partial charge in [-0.2, -0.15) is 4.31 Å². The fourth-order valence-electron chi connectivity index (χ4n) is 3.00. The second kappa shape index (κ2) is 4.72. The van der Waals surface area contributed by atoms with E-state index in [1.807, 2.05) is 6.08 Å². The Morgan fingerprint density at radius 1 is 1.26 bits per heavy atom. The maximum Gasteiger partial charge on any atom is 0.219 e. The van der Waals surface area contributed by atoms with Crippen LogP contribution in [0.15, 0.2) is 36.4 Å². The van der Waals surface area contributed by atoms with Crippen LogP contribution in [0.25, 0.3) is 0 Å². The highest BCUT2D eigenvalue weighted by atomic mass is 32.2. The minimum absolute atomic E-state index is 0.0319. The number of hydrogen-bond donors (Lipinski definition) is 0. The van der Waals surface area contributed by atoms with Gasteiger partial charge in [0, 0.05) is 17.6 Å². The summed E-state index contributed by atoms with van der Waals surface area (Å²) in [5, 5.41) is 0. The Morgan fingerprint density at radius 3 is 2.79 bits per heavy atom. The highest BCUT2D eigenvalue weighted by Gasteiger charge is 2.41. The molecule has 5 heteroatoms. The zero-order valence-corrected chi connectivity index (χ0v) is 11.3. The van der Waals surface area contributed by atoms with E-state index in [0.29, 0.717) is 0 Å². The maximum atomic E-state index is 13.6. The van der Waals surface area contributed by atoms with Crippen LogP contribution < -0.4 is 0 Å². The molecule has 102 valence electrons. The van der Waals surface area contributed by atoms with Gasteiger partial charge in [0.05, 0.1) is 5.75 Å². The molecule has 19 heavy (non-hydrogen) atoms. The van der Waals surface area contributed by atoms with Gasteiger partial charge in [-0.25, -0.2) is 12.8 Å². The number of sulfonamides is 1. The number of halogens is 1. The van der Waals surface area contributed by atoms with Gasteiger partial charge < -0.3 is 0 Å². The van der Waals surface area contributed by atoms with Gasteiger partial charge in [-0.3, -0.25) is 0 Å². The summed E-state index contributed by atoms with van der Waals surface area (Å²) in [6, 6.07) is 6.10. The summed E-state index contributed by atoms with van der Waals surface area (Å²) in [7, 11) is -3.45. The van der Waals surface area contributed by atoms with Crippen LogP contribution in [0, 0.1) is 5.82 Å². The standard InChI is InChI=1S/C14H16FNO2S/c15-14-7-2-1-4-11(14)10-19(17,18)16-12-5-3-6-13(16)9-8-12/h1-5,7,12-13H,6,8-10H2. The molecule has 0 N–H and O–H groups in total. The Kier molecular flexibility index (Phi) is 3.19. The molecule has 1 aromatic rings. The summed E-state index contributed by atoms with van der Waals surface area (Å²) >= 11 is 0. The van der Waals surface area contributed by atoms with Crippen molar-refractivity contribution >= 4 is 10.0 Å². The average Bonchev–Trinajstić information content (AvgIpc) is 2.64. The molecule has 0 amide bonds. The van der Waals surface area contributed by atoms with Crippen LogP contribution in [-0.4, -0.2) is 24.8 Å². The lowest BCUT2D eigenvalue weighted by atomic mass is 10.2. The molecule has 0 aliphatic carbocycles. The van der Waals surface area contributed by atoms with Gasteiger partial charge in [0.15, 0.2) is 0 Å². The van der Waals surface area contributed by atoms with Crippen LogP contribution in [0.1, 0.15) is 24.8 Å². The van der Waals surface area contributed by atoms with Crippen molar-refractivity contribution in [2.24, 2.45) is 0 Å². The zero-order chi connectivity index (χ0) is 13.5. The molecule has 2 atom stereocenters. The van der Waals surface area contributed by atoms with Gasteiger partial charge in [-0.05, 0) is 25.3 Å². The van der Waals surface area contributed by atoms with Crippen molar-refractivity contribution in [1.82, 2.24) is 4.31 Å². The molecule has 0 saturated carbocycles. The molecule has 0 aromatic heterocycles. The van der Waals surface area contributed by atoms with Gasteiger partial charge in [0.1, 0.15) is 5.82 Å². The molecule has 0 spiro atoms. The van der Waals surface area contributed by atoms with Crippen LogP contribution in [-0.2, 0) is 15.8 Å². The van der Waals surface area contributed by atoms with Crippen LogP contribution >= 0.6 is 0 Å². The van der Waals surface area contributed by atoms with Crippen molar-refractivity contribution in [2.75, 3.05) is 0 Å². The predicted octanol–water partition coefficient (Wildman–Crippen LogP) is 2.45. The van der Waals surface area contributed by atoms with Crippen LogP contribution in [0.2, 0.25) is 0 Å². The van der Waals surface area contributed by atoms with Gasteiger partial charge >= 0.3 is 0 Å². The smallest absolute Gasteiger partial charge is 0.212 e. The third-order valence-corrected chi connectivity index (χ3v) is 5.75. The zero-order valence-electron chi connectivity index (χ0n) is 10.5. The molecule has 0 radical (unpaired) electrons. The molecule has 3 rings (SSSR count). The predicted molar refractivity (Wildman–Crippen MR) is 71.4 cm³/mol. The summed E-state index contributed by atoms with van der Waals surface area (Å²) in [6.45, 7) is 0. The lowest BCUT2D eigenvalue weighted by molar-refractivity contribution is 0.340. The summed E-state index contributed by atoms with van der Waals surface area (Å²) in [5.74, 6) is -0.702. The van der Waals surface area contributed by atoms with Crippen LogP contribution in [0.5, 0.6) is 0 Å². The van der Waals surface area contributed by atoms with E-state index in [1.165, 1.54) is 12.1 Å². The minimum atomic E-state index is -3.45. The molecule has 2 heterocycles. The van der Waals surface area contributed by atoms with Crippen molar-refractivity contribution < 1.29 is 12.8 Å². The first-order valence-corrected chi connectivity index (χ1v) is 8.10. The van der Waals surface area contributed by atoms with E-state index in [1.54, 1.807) is 16.4 Å². The molecule has 2 aliphatic heterocycles. The molecule has 2 aliphatic rings. The third-order valence-electron chi connectivity index (χ3n) is 3.87. The van der Waals surface area contributed by atoms with E-state index in [4.69, 9.17) is 0 Å². The highest BCUT2D eigenvalue weighted by Crippen LogP contribution is 2.35. The molecule has 2 bridgehead atoms. The number of rotatable bonds is 3. The number of benzene rings is 1. The van der Waals surface area contributed by atoms with E-state index in [0.717, 1.165) is 19.3 Å². The van der Waals surface area contributed by atoms with Crippen LogP contribution in [0.4, 0.5) is 4.39 Å². The first-order valence-electron chi connectivity index (χ1n) is 6.49. The topological polar surface area (TPSA) is 37.4 Å².